The molecule has 4 heterocycles. The summed E-state index contributed by atoms with van der Waals surface area (Å²) in [5.74, 6) is -1.10. The topological polar surface area (TPSA) is 263 Å². The summed E-state index contributed by atoms with van der Waals surface area (Å²) < 4.78 is 67.7. The fourth-order valence-corrected chi connectivity index (χ4v) is 8.68. The number of hydrogen-bond donors (Lipinski definition) is 0. The van der Waals surface area contributed by atoms with Crippen LogP contribution in [0.2, 0.25) is 0 Å². The molecule has 8 rings (SSSR count). The highest BCUT2D eigenvalue weighted by molar-refractivity contribution is 5.84. The van der Waals surface area contributed by atoms with Crippen LogP contribution in [-0.2, 0) is 38.1 Å². The molecule has 0 aliphatic heterocycles. The molecule has 424 valence electrons. The van der Waals surface area contributed by atoms with Gasteiger partial charge in [-0.05, 0) is 124 Å². The van der Waals surface area contributed by atoms with E-state index in [0.717, 1.165) is 43.8 Å². The van der Waals surface area contributed by atoms with Gasteiger partial charge in [-0.1, -0.05) is 0 Å². The van der Waals surface area contributed by atoms with E-state index in [1.54, 1.807) is 100 Å². The van der Waals surface area contributed by atoms with Crippen molar-refractivity contribution in [2.75, 3.05) is 52.9 Å². The van der Waals surface area contributed by atoms with Crippen LogP contribution < -0.4 is 41.4 Å². The third-order valence-corrected chi connectivity index (χ3v) is 13.0. The first kappa shape index (κ1) is 58.0. The molecule has 8 aromatic rings. The molecule has 0 unspecified atom stereocenters. The molecule has 20 nitrogen and oxygen atoms in total. The van der Waals surface area contributed by atoms with E-state index in [9.17, 15) is 38.4 Å². The normalized spacial score (nSPS) is 11.4. The van der Waals surface area contributed by atoms with Gasteiger partial charge in [0.2, 0.25) is 0 Å². The summed E-state index contributed by atoms with van der Waals surface area (Å²) in [4.78, 5) is 101. The minimum atomic E-state index is -1.61. The van der Waals surface area contributed by atoms with Crippen molar-refractivity contribution in [2.24, 2.45) is 5.41 Å². The maximum Gasteiger partial charge on any atom is 0.336 e. The van der Waals surface area contributed by atoms with Crippen LogP contribution in [0.5, 0.6) is 23.0 Å². The van der Waals surface area contributed by atoms with E-state index < -0.39 is 78.2 Å². The largest absolute Gasteiger partial charge is 0.493 e. The molecule has 0 aliphatic carbocycles. The zero-order valence-corrected chi connectivity index (χ0v) is 45.2. The Morgan fingerprint density at radius 3 is 0.790 bits per heavy atom. The van der Waals surface area contributed by atoms with Crippen LogP contribution in [0.3, 0.4) is 0 Å². The minimum Gasteiger partial charge on any atom is -0.493 e. The Bertz CT molecular complexity index is 3330. The van der Waals surface area contributed by atoms with E-state index in [1.165, 1.54) is 24.3 Å². The predicted octanol–water partition coefficient (Wildman–Crippen LogP) is 9.24. The van der Waals surface area contributed by atoms with Crippen molar-refractivity contribution in [1.82, 2.24) is 0 Å². The van der Waals surface area contributed by atoms with E-state index in [1.807, 2.05) is 0 Å². The average molecular weight is 1110 g/mol. The summed E-state index contributed by atoms with van der Waals surface area (Å²) in [5.41, 5.74) is 0.764. The smallest absolute Gasteiger partial charge is 0.336 e. The molecule has 0 fully saturated rings. The van der Waals surface area contributed by atoms with E-state index >= 15 is 0 Å². The fourth-order valence-electron chi connectivity index (χ4n) is 8.68. The fraction of sp³-hybridized carbons (Fsp3) is 0.344. The van der Waals surface area contributed by atoms with Crippen LogP contribution in [0, 0.1) is 33.1 Å². The van der Waals surface area contributed by atoms with Gasteiger partial charge in [-0.15, -0.1) is 0 Å². The number of ether oxygens (including phenoxy) is 8. The second-order valence-corrected chi connectivity index (χ2v) is 19.6. The minimum absolute atomic E-state index is 0.0800. The third-order valence-electron chi connectivity index (χ3n) is 13.0. The highest BCUT2D eigenvalue weighted by Gasteiger charge is 2.38. The molecule has 0 amide bonds. The molecule has 0 aliphatic rings. The summed E-state index contributed by atoms with van der Waals surface area (Å²) in [5, 5.41) is 2.98. The number of benzene rings is 4. The van der Waals surface area contributed by atoms with Crippen LogP contribution in [0.25, 0.3) is 43.9 Å². The van der Waals surface area contributed by atoms with Crippen molar-refractivity contribution in [3.63, 3.8) is 0 Å². The number of hydrogen-bond acceptors (Lipinski definition) is 20. The molecule has 0 saturated heterocycles. The molecule has 4 aromatic carbocycles. The summed E-state index contributed by atoms with van der Waals surface area (Å²) >= 11 is 0. The molecule has 81 heavy (non-hydrogen) atoms. The van der Waals surface area contributed by atoms with Crippen molar-refractivity contribution < 1.29 is 74.7 Å². The maximum atomic E-state index is 13.4. The monoisotopic (exact) mass is 1110 g/mol. The Balaban J connectivity index is 0.912. The molecular weight excluding hydrogens is 1050 g/mol. The van der Waals surface area contributed by atoms with E-state index in [2.05, 4.69) is 0 Å². The van der Waals surface area contributed by atoms with Crippen LogP contribution in [0.1, 0.15) is 73.6 Å². The molecule has 4 aromatic heterocycles. The van der Waals surface area contributed by atoms with Crippen molar-refractivity contribution in [3.05, 3.63) is 161 Å². The standard InChI is InChI=1S/C61H60O20/c1-37-25-57(66)78-49-29-41(13-17-45(37)49)70-21-5-9-53(62)74-33-61(34-75-54(63)10-6-22-71-42-14-18-46-38(2)26-58(67)79-50(46)30-42,35-76-55(64)11-7-23-72-43-15-19-47-39(3)27-59(68)80-51(47)31-43)36-77-56(65)12-8-24-73-44-16-20-48-40(4)28-60(69)81-52(48)32-44/h13-20,25-32H,5-12,21-24,33-36H2,1-4H3. The van der Waals surface area contributed by atoms with Gasteiger partial charge in [0.15, 0.2) is 0 Å². The van der Waals surface area contributed by atoms with Crippen molar-refractivity contribution in [1.29, 1.82) is 0 Å². The van der Waals surface area contributed by atoms with Crippen molar-refractivity contribution in [2.45, 2.75) is 79.1 Å². The molecule has 20 heteroatoms. The van der Waals surface area contributed by atoms with Gasteiger partial charge in [0, 0.05) is 95.8 Å². The highest BCUT2D eigenvalue weighted by atomic mass is 16.6. The Morgan fingerprint density at radius 2 is 0.568 bits per heavy atom. The third kappa shape index (κ3) is 16.4. The first-order chi connectivity index (χ1) is 39.0. The number of carbonyl (C=O) groups excluding carboxylic acids is 4. The zero-order valence-electron chi connectivity index (χ0n) is 45.2. The molecule has 0 atom stereocenters. The first-order valence-corrected chi connectivity index (χ1v) is 26.3. The van der Waals surface area contributed by atoms with Gasteiger partial charge in [0.25, 0.3) is 0 Å². The molecule has 0 bridgehead atoms. The molecule has 0 radical (unpaired) electrons. The van der Waals surface area contributed by atoms with Crippen LogP contribution >= 0.6 is 0 Å². The second-order valence-electron chi connectivity index (χ2n) is 19.6. The van der Waals surface area contributed by atoms with Gasteiger partial charge in [-0.3, -0.25) is 19.2 Å². The summed E-state index contributed by atoms with van der Waals surface area (Å²) in [6.45, 7) is 5.40. The SMILES string of the molecule is Cc1cc(=O)oc2cc(OCCCC(=O)OCC(COC(=O)CCCOc3ccc4c(C)cc(=O)oc4c3)(COC(=O)CCCOc3ccc4c(C)cc(=O)oc4c3)COC(=O)CCCOc3ccc4c(C)cc(=O)oc4c3)ccc12. The van der Waals surface area contributed by atoms with Gasteiger partial charge in [-0.25, -0.2) is 19.2 Å². The Morgan fingerprint density at radius 1 is 0.346 bits per heavy atom. The number of fused-ring (bicyclic) bond motifs is 4. The molecular formula is C61H60O20. The predicted molar refractivity (Wildman–Crippen MR) is 294 cm³/mol. The van der Waals surface area contributed by atoms with E-state index in [0.29, 0.717) is 45.3 Å². The van der Waals surface area contributed by atoms with Crippen molar-refractivity contribution >= 4 is 67.8 Å². The lowest BCUT2D eigenvalue weighted by atomic mass is 9.92. The molecule has 0 spiro atoms. The van der Waals surface area contributed by atoms with Gasteiger partial charge in [0.1, 0.15) is 77.2 Å². The molecule has 0 N–H and O–H groups in total. The number of rotatable bonds is 28. The highest BCUT2D eigenvalue weighted by Crippen LogP contribution is 2.28. The Labute approximate surface area is 462 Å². The number of carbonyl (C=O) groups is 4. The maximum absolute atomic E-state index is 13.4. The van der Waals surface area contributed by atoms with Gasteiger partial charge < -0.3 is 55.6 Å². The lowest BCUT2D eigenvalue weighted by Gasteiger charge is -2.31. The lowest BCUT2D eigenvalue weighted by molar-refractivity contribution is -0.171. The average Bonchev–Trinajstić information content (AvgIpc) is 3.51. The van der Waals surface area contributed by atoms with Gasteiger partial charge in [0.05, 0.1) is 26.4 Å². The van der Waals surface area contributed by atoms with Crippen LogP contribution in [-0.4, -0.2) is 76.7 Å². The summed E-state index contributed by atoms with van der Waals surface area (Å²) in [7, 11) is 0. The summed E-state index contributed by atoms with van der Waals surface area (Å²) in [6.07, 6.45) is 0.249. The number of aryl methyl sites for hydroxylation is 4. The number of esters is 4. The van der Waals surface area contributed by atoms with E-state index in [-0.39, 0.29) is 77.8 Å². The molecule has 0 saturated carbocycles. The Kier molecular flexibility index (Phi) is 19.4. The lowest BCUT2D eigenvalue weighted by Crippen LogP contribution is -2.44. The van der Waals surface area contributed by atoms with Crippen molar-refractivity contribution in [3.8, 4) is 23.0 Å². The van der Waals surface area contributed by atoms with Crippen LogP contribution in [0.15, 0.2) is 134 Å². The Hall–Kier alpha value is -9.20. The van der Waals surface area contributed by atoms with E-state index in [4.69, 9.17) is 55.6 Å². The summed E-state index contributed by atoms with van der Waals surface area (Å²) in [6, 6.07) is 25.8. The first-order valence-electron chi connectivity index (χ1n) is 26.3. The quantitative estimate of drug-likeness (QED) is 0.0191. The van der Waals surface area contributed by atoms with Gasteiger partial charge in [-0.2, -0.15) is 0 Å². The second kappa shape index (κ2) is 27.1. The van der Waals surface area contributed by atoms with Gasteiger partial charge >= 0.3 is 46.4 Å². The zero-order chi connectivity index (χ0) is 57.5. The van der Waals surface area contributed by atoms with Crippen LogP contribution in [0.4, 0.5) is 0 Å².